The smallest absolute Gasteiger partial charge is 0.303 e. The Labute approximate surface area is 125 Å². The van der Waals surface area contributed by atoms with E-state index in [1.807, 2.05) is 6.08 Å². The van der Waals surface area contributed by atoms with E-state index >= 15 is 0 Å². The van der Waals surface area contributed by atoms with Crippen molar-refractivity contribution in [2.45, 2.75) is 38.1 Å². The van der Waals surface area contributed by atoms with Crippen molar-refractivity contribution in [1.82, 2.24) is 4.90 Å². The number of aliphatic carboxylic acids is 1. The molecule has 1 fully saturated rings. The molecule has 0 spiro atoms. The Balaban J connectivity index is 1.86. The van der Waals surface area contributed by atoms with Crippen LogP contribution >= 0.6 is 0 Å². The number of carboxylic acids is 1. The van der Waals surface area contributed by atoms with E-state index in [1.54, 1.807) is 12.1 Å². The second-order valence-corrected chi connectivity index (χ2v) is 5.53. The van der Waals surface area contributed by atoms with Crippen LogP contribution < -0.4 is 0 Å². The van der Waals surface area contributed by atoms with Crippen LogP contribution in [0.1, 0.15) is 37.7 Å². The van der Waals surface area contributed by atoms with Crippen LogP contribution in [0.5, 0.6) is 0 Å². The van der Waals surface area contributed by atoms with Crippen LogP contribution in [0.2, 0.25) is 0 Å². The number of carboxylic acid groups (broad SMARTS) is 1. The van der Waals surface area contributed by atoms with Gasteiger partial charge in [-0.15, -0.1) is 0 Å². The highest BCUT2D eigenvalue weighted by Crippen LogP contribution is 2.20. The lowest BCUT2D eigenvalue weighted by atomic mass is 9.98. The first kappa shape index (κ1) is 15.7. The van der Waals surface area contributed by atoms with E-state index in [2.05, 4.69) is 11.0 Å². The average Bonchev–Trinajstić information content (AvgIpc) is 2.48. The molecule has 1 heterocycles. The van der Waals surface area contributed by atoms with Gasteiger partial charge in [-0.05, 0) is 43.5 Å². The maximum Gasteiger partial charge on any atom is 0.303 e. The van der Waals surface area contributed by atoms with Gasteiger partial charge < -0.3 is 5.11 Å². The van der Waals surface area contributed by atoms with Crippen molar-refractivity contribution in [2.75, 3.05) is 13.1 Å². The Hall–Kier alpha value is -1.68. The summed E-state index contributed by atoms with van der Waals surface area (Å²) in [6, 6.07) is 6.79. The summed E-state index contributed by atoms with van der Waals surface area (Å²) in [5.41, 5.74) is 0.982. The summed E-state index contributed by atoms with van der Waals surface area (Å²) in [6.45, 7) is 1.85. The molecule has 1 aromatic rings. The molecular weight excluding hydrogens is 269 g/mol. The van der Waals surface area contributed by atoms with Gasteiger partial charge in [0.15, 0.2) is 0 Å². The number of halogens is 1. The number of benzene rings is 1. The fraction of sp³-hybridized carbons (Fsp3) is 0.471. The van der Waals surface area contributed by atoms with Gasteiger partial charge in [-0.25, -0.2) is 4.39 Å². The molecule has 1 atom stereocenters. The second-order valence-electron chi connectivity index (χ2n) is 5.53. The first-order chi connectivity index (χ1) is 10.1. The minimum atomic E-state index is -0.720. The Morgan fingerprint density at radius 1 is 1.33 bits per heavy atom. The molecule has 0 bridgehead atoms. The van der Waals surface area contributed by atoms with Crippen LogP contribution in [0.4, 0.5) is 4.39 Å². The molecule has 1 N–H and O–H groups in total. The minimum Gasteiger partial charge on any atom is -0.481 e. The third kappa shape index (κ3) is 5.31. The van der Waals surface area contributed by atoms with Crippen LogP contribution in [0.3, 0.4) is 0 Å². The van der Waals surface area contributed by atoms with Gasteiger partial charge in [-0.3, -0.25) is 9.69 Å². The molecule has 3 nitrogen and oxygen atoms in total. The fourth-order valence-corrected chi connectivity index (χ4v) is 2.82. The SMILES string of the molecule is O=C(O)CCC1CCCCN1C/C=C/c1ccc(F)cc1. The van der Waals surface area contributed by atoms with Gasteiger partial charge in [-0.1, -0.05) is 30.7 Å². The summed E-state index contributed by atoms with van der Waals surface area (Å²) in [5, 5.41) is 8.81. The predicted molar refractivity (Wildman–Crippen MR) is 81.5 cm³/mol. The molecule has 0 amide bonds. The Kier molecular flexibility index (Phi) is 5.93. The van der Waals surface area contributed by atoms with Gasteiger partial charge in [-0.2, -0.15) is 0 Å². The predicted octanol–water partition coefficient (Wildman–Crippen LogP) is 3.56. The number of rotatable bonds is 6. The third-order valence-corrected chi connectivity index (χ3v) is 3.96. The summed E-state index contributed by atoms with van der Waals surface area (Å²) in [5.74, 6) is -0.945. The summed E-state index contributed by atoms with van der Waals surface area (Å²) in [4.78, 5) is 13.1. The number of hydrogen-bond donors (Lipinski definition) is 1. The van der Waals surface area contributed by atoms with Crippen molar-refractivity contribution in [3.05, 3.63) is 41.7 Å². The normalized spacial score (nSPS) is 20.0. The number of carbonyl (C=O) groups is 1. The average molecular weight is 291 g/mol. The van der Waals surface area contributed by atoms with E-state index in [0.29, 0.717) is 6.04 Å². The molecule has 21 heavy (non-hydrogen) atoms. The zero-order chi connectivity index (χ0) is 15.1. The van der Waals surface area contributed by atoms with Crippen LogP contribution in [-0.2, 0) is 4.79 Å². The molecule has 1 aromatic carbocycles. The maximum atomic E-state index is 12.8. The van der Waals surface area contributed by atoms with Gasteiger partial charge >= 0.3 is 5.97 Å². The van der Waals surface area contributed by atoms with Crippen LogP contribution in [0.15, 0.2) is 30.3 Å². The van der Waals surface area contributed by atoms with Crippen LogP contribution in [-0.4, -0.2) is 35.1 Å². The number of nitrogens with zero attached hydrogens (tertiary/aromatic N) is 1. The minimum absolute atomic E-state index is 0.225. The van der Waals surface area contributed by atoms with Gasteiger partial charge in [0.25, 0.3) is 0 Å². The fourth-order valence-electron chi connectivity index (χ4n) is 2.82. The molecule has 0 aliphatic carbocycles. The highest BCUT2D eigenvalue weighted by Gasteiger charge is 2.21. The molecular formula is C17H22FNO2. The first-order valence-electron chi connectivity index (χ1n) is 7.53. The number of likely N-dealkylation sites (tertiary alicyclic amines) is 1. The summed E-state index contributed by atoms with van der Waals surface area (Å²) >= 11 is 0. The lowest BCUT2D eigenvalue weighted by Crippen LogP contribution is -2.39. The molecule has 1 aliphatic heterocycles. The van der Waals surface area contributed by atoms with Crippen molar-refractivity contribution in [1.29, 1.82) is 0 Å². The molecule has 1 saturated heterocycles. The van der Waals surface area contributed by atoms with Gasteiger partial charge in [0, 0.05) is 19.0 Å². The molecule has 0 saturated carbocycles. The maximum absolute atomic E-state index is 12.8. The van der Waals surface area contributed by atoms with Crippen molar-refractivity contribution in [2.24, 2.45) is 0 Å². The molecule has 2 rings (SSSR count). The zero-order valence-corrected chi connectivity index (χ0v) is 12.2. The number of hydrogen-bond acceptors (Lipinski definition) is 2. The van der Waals surface area contributed by atoms with E-state index in [1.165, 1.54) is 25.0 Å². The highest BCUT2D eigenvalue weighted by atomic mass is 19.1. The topological polar surface area (TPSA) is 40.5 Å². The molecule has 0 aromatic heterocycles. The Bertz CT molecular complexity index is 484. The van der Waals surface area contributed by atoms with Crippen molar-refractivity contribution < 1.29 is 14.3 Å². The Morgan fingerprint density at radius 2 is 2.10 bits per heavy atom. The first-order valence-corrected chi connectivity index (χ1v) is 7.53. The second kappa shape index (κ2) is 7.93. The highest BCUT2D eigenvalue weighted by molar-refractivity contribution is 5.66. The molecule has 0 radical (unpaired) electrons. The van der Waals surface area contributed by atoms with Crippen LogP contribution in [0.25, 0.3) is 6.08 Å². The lowest BCUT2D eigenvalue weighted by Gasteiger charge is -2.34. The van der Waals surface area contributed by atoms with E-state index < -0.39 is 5.97 Å². The van der Waals surface area contributed by atoms with E-state index in [4.69, 9.17) is 5.11 Å². The van der Waals surface area contributed by atoms with Gasteiger partial charge in [0.1, 0.15) is 5.82 Å². The quantitative estimate of drug-likeness (QED) is 0.871. The van der Waals surface area contributed by atoms with Crippen molar-refractivity contribution >= 4 is 12.0 Å². The monoisotopic (exact) mass is 291 g/mol. The van der Waals surface area contributed by atoms with Gasteiger partial charge in [0.2, 0.25) is 0 Å². The standard InChI is InChI=1S/C17H22FNO2/c18-15-8-6-14(7-9-15)4-3-13-19-12-2-1-5-16(19)10-11-17(20)21/h3-4,6-9,16H,1-2,5,10-13H2,(H,20,21)/b4-3+. The number of piperidine rings is 1. The molecule has 114 valence electrons. The van der Waals surface area contributed by atoms with E-state index in [-0.39, 0.29) is 12.2 Å². The summed E-state index contributed by atoms with van der Waals surface area (Å²) in [7, 11) is 0. The van der Waals surface area contributed by atoms with Crippen molar-refractivity contribution in [3.8, 4) is 0 Å². The van der Waals surface area contributed by atoms with Gasteiger partial charge in [0.05, 0.1) is 0 Å². The molecule has 1 unspecified atom stereocenters. The molecule has 1 aliphatic rings. The van der Waals surface area contributed by atoms with E-state index in [9.17, 15) is 9.18 Å². The molecule has 4 heteroatoms. The van der Waals surface area contributed by atoms with Crippen LogP contribution in [0, 0.1) is 5.82 Å². The van der Waals surface area contributed by atoms with E-state index in [0.717, 1.165) is 31.5 Å². The summed E-state index contributed by atoms with van der Waals surface area (Å²) in [6.07, 6.45) is 8.46. The Morgan fingerprint density at radius 3 is 2.81 bits per heavy atom. The van der Waals surface area contributed by atoms with Crippen molar-refractivity contribution in [3.63, 3.8) is 0 Å². The third-order valence-electron chi connectivity index (χ3n) is 3.96. The lowest BCUT2D eigenvalue weighted by molar-refractivity contribution is -0.137. The summed E-state index contributed by atoms with van der Waals surface area (Å²) < 4.78 is 12.8. The largest absolute Gasteiger partial charge is 0.481 e. The zero-order valence-electron chi connectivity index (χ0n) is 12.2.